The van der Waals surface area contributed by atoms with Crippen molar-refractivity contribution in [3.05, 3.63) is 23.2 Å². The summed E-state index contributed by atoms with van der Waals surface area (Å²) in [6, 6.07) is 1.88. The molecule has 22 heavy (non-hydrogen) atoms. The van der Waals surface area contributed by atoms with E-state index in [9.17, 15) is 5.11 Å². The molecule has 1 aromatic rings. The van der Waals surface area contributed by atoms with Crippen LogP contribution in [0.4, 0.5) is 0 Å². The number of aliphatic imine (C=N–C) groups is 1. The standard InChI is InChI=1S/C16H27N3O2.HI/c1-5-17-15(18-9-13-6-7-13)19-10-16(4,20)14-8-11(2)21-12(14)3;/h8,13,20H,5-7,9-10H2,1-4H3,(H2,17,18,19);1H. The van der Waals surface area contributed by atoms with Crippen LogP contribution in [0.15, 0.2) is 15.5 Å². The smallest absolute Gasteiger partial charge is 0.191 e. The third kappa shape index (κ3) is 5.46. The summed E-state index contributed by atoms with van der Waals surface area (Å²) >= 11 is 0. The molecule has 3 N–H and O–H groups in total. The van der Waals surface area contributed by atoms with Crippen molar-refractivity contribution in [1.82, 2.24) is 10.6 Å². The molecule has 1 aromatic heterocycles. The zero-order valence-corrected chi connectivity index (χ0v) is 16.2. The number of hydrogen-bond donors (Lipinski definition) is 3. The first-order valence-corrected chi connectivity index (χ1v) is 7.74. The van der Waals surface area contributed by atoms with E-state index in [1.165, 1.54) is 12.8 Å². The average Bonchev–Trinajstić information content (AvgIpc) is 3.17. The molecule has 0 amide bonds. The Bertz CT molecular complexity index is 507. The number of furan rings is 1. The molecule has 1 aliphatic carbocycles. The molecule has 1 atom stereocenters. The van der Waals surface area contributed by atoms with Gasteiger partial charge in [-0.25, -0.2) is 4.99 Å². The number of hydrogen-bond acceptors (Lipinski definition) is 3. The van der Waals surface area contributed by atoms with E-state index in [1.54, 1.807) is 6.92 Å². The molecular formula is C16H28IN3O2. The number of nitrogens with zero attached hydrogens (tertiary/aromatic N) is 1. The Labute approximate surface area is 150 Å². The van der Waals surface area contributed by atoms with Crippen molar-refractivity contribution in [3.8, 4) is 0 Å². The molecule has 1 aliphatic rings. The molecule has 1 unspecified atom stereocenters. The van der Waals surface area contributed by atoms with Gasteiger partial charge in [0.1, 0.15) is 17.1 Å². The summed E-state index contributed by atoms with van der Waals surface area (Å²) in [7, 11) is 0. The predicted molar refractivity (Wildman–Crippen MR) is 99.9 cm³/mol. The maximum Gasteiger partial charge on any atom is 0.191 e. The molecule has 1 fully saturated rings. The Morgan fingerprint density at radius 1 is 1.41 bits per heavy atom. The second kappa shape index (κ2) is 8.19. The van der Waals surface area contributed by atoms with E-state index in [2.05, 4.69) is 15.6 Å². The van der Waals surface area contributed by atoms with Crippen molar-refractivity contribution in [3.63, 3.8) is 0 Å². The first-order chi connectivity index (χ1) is 9.92. The van der Waals surface area contributed by atoms with Crippen LogP contribution in [0.2, 0.25) is 0 Å². The van der Waals surface area contributed by atoms with Crippen molar-refractivity contribution in [1.29, 1.82) is 0 Å². The highest BCUT2D eigenvalue weighted by atomic mass is 127. The summed E-state index contributed by atoms with van der Waals surface area (Å²) < 4.78 is 5.50. The van der Waals surface area contributed by atoms with Crippen LogP contribution in [0.5, 0.6) is 0 Å². The van der Waals surface area contributed by atoms with E-state index in [4.69, 9.17) is 4.42 Å². The second-order valence-corrected chi connectivity index (χ2v) is 6.12. The summed E-state index contributed by atoms with van der Waals surface area (Å²) in [4.78, 5) is 4.51. The zero-order chi connectivity index (χ0) is 15.5. The molecule has 6 heteroatoms. The van der Waals surface area contributed by atoms with E-state index >= 15 is 0 Å². The van der Waals surface area contributed by atoms with Crippen LogP contribution in [0.3, 0.4) is 0 Å². The van der Waals surface area contributed by atoms with Gasteiger partial charge >= 0.3 is 0 Å². The Morgan fingerprint density at radius 3 is 2.59 bits per heavy atom. The van der Waals surface area contributed by atoms with Crippen LogP contribution >= 0.6 is 24.0 Å². The molecule has 1 heterocycles. The lowest BCUT2D eigenvalue weighted by molar-refractivity contribution is 0.0657. The highest BCUT2D eigenvalue weighted by Crippen LogP contribution is 2.28. The summed E-state index contributed by atoms with van der Waals surface area (Å²) in [5, 5.41) is 17.2. The lowest BCUT2D eigenvalue weighted by Crippen LogP contribution is -2.39. The summed E-state index contributed by atoms with van der Waals surface area (Å²) in [6.45, 7) is 9.63. The Kier molecular flexibility index (Phi) is 7.18. The highest BCUT2D eigenvalue weighted by Gasteiger charge is 2.28. The number of rotatable bonds is 6. The van der Waals surface area contributed by atoms with Gasteiger partial charge in [0.25, 0.3) is 0 Å². The number of aryl methyl sites for hydroxylation is 2. The van der Waals surface area contributed by atoms with Gasteiger partial charge in [0.2, 0.25) is 0 Å². The topological polar surface area (TPSA) is 69.8 Å². The molecule has 5 nitrogen and oxygen atoms in total. The minimum atomic E-state index is -1.02. The number of halogens is 1. The predicted octanol–water partition coefficient (Wildman–Crippen LogP) is 2.69. The van der Waals surface area contributed by atoms with Gasteiger partial charge < -0.3 is 20.2 Å². The molecule has 0 aliphatic heterocycles. The van der Waals surface area contributed by atoms with Gasteiger partial charge in [0.15, 0.2) is 5.96 Å². The Balaban J connectivity index is 0.00000242. The number of nitrogens with one attached hydrogen (secondary N) is 2. The first kappa shape index (κ1) is 19.3. The van der Waals surface area contributed by atoms with Crippen LogP contribution in [-0.2, 0) is 5.60 Å². The third-order valence-electron chi connectivity index (χ3n) is 3.77. The first-order valence-electron chi connectivity index (χ1n) is 7.74. The molecule has 0 radical (unpaired) electrons. The quantitative estimate of drug-likeness (QED) is 0.375. The third-order valence-corrected chi connectivity index (χ3v) is 3.77. The van der Waals surface area contributed by atoms with E-state index in [0.717, 1.165) is 42.1 Å². The zero-order valence-electron chi connectivity index (χ0n) is 13.9. The largest absolute Gasteiger partial charge is 0.466 e. The van der Waals surface area contributed by atoms with Crippen LogP contribution < -0.4 is 10.6 Å². The van der Waals surface area contributed by atoms with Gasteiger partial charge in [-0.2, -0.15) is 0 Å². The van der Waals surface area contributed by atoms with Crippen molar-refractivity contribution in [2.45, 2.75) is 46.1 Å². The summed E-state index contributed by atoms with van der Waals surface area (Å²) in [5.74, 6) is 3.12. The highest BCUT2D eigenvalue weighted by molar-refractivity contribution is 14.0. The maximum absolute atomic E-state index is 10.7. The average molecular weight is 421 g/mol. The van der Waals surface area contributed by atoms with Crippen molar-refractivity contribution >= 4 is 29.9 Å². The van der Waals surface area contributed by atoms with Gasteiger partial charge in [-0.15, -0.1) is 24.0 Å². The number of aliphatic hydroxyl groups is 1. The number of guanidine groups is 1. The van der Waals surface area contributed by atoms with E-state index in [1.807, 2.05) is 26.8 Å². The van der Waals surface area contributed by atoms with E-state index in [0.29, 0.717) is 6.54 Å². The Hall–Kier alpha value is -0.760. The molecule has 126 valence electrons. The van der Waals surface area contributed by atoms with Gasteiger partial charge in [0, 0.05) is 18.7 Å². The van der Waals surface area contributed by atoms with Crippen molar-refractivity contribution < 1.29 is 9.52 Å². The fourth-order valence-electron chi connectivity index (χ4n) is 2.39. The van der Waals surface area contributed by atoms with Crippen molar-refractivity contribution in [2.75, 3.05) is 19.6 Å². The van der Waals surface area contributed by atoms with Crippen LogP contribution in [0.25, 0.3) is 0 Å². The lowest BCUT2D eigenvalue weighted by atomic mass is 9.96. The van der Waals surface area contributed by atoms with E-state index < -0.39 is 5.60 Å². The molecule has 1 saturated carbocycles. The van der Waals surface area contributed by atoms with E-state index in [-0.39, 0.29) is 24.0 Å². The van der Waals surface area contributed by atoms with Crippen LogP contribution in [0, 0.1) is 19.8 Å². The fourth-order valence-corrected chi connectivity index (χ4v) is 2.39. The maximum atomic E-state index is 10.7. The SMILES string of the molecule is CCNC(=NCC(C)(O)c1cc(C)oc1C)NCC1CC1.I. The van der Waals surface area contributed by atoms with Crippen LogP contribution in [0.1, 0.15) is 43.8 Å². The molecule has 0 spiro atoms. The minimum Gasteiger partial charge on any atom is -0.466 e. The Morgan fingerprint density at radius 2 is 2.09 bits per heavy atom. The fraction of sp³-hybridized carbons (Fsp3) is 0.688. The molecule has 0 saturated heterocycles. The lowest BCUT2D eigenvalue weighted by Gasteiger charge is -2.21. The van der Waals surface area contributed by atoms with Gasteiger partial charge in [0.05, 0.1) is 6.54 Å². The minimum absolute atomic E-state index is 0. The van der Waals surface area contributed by atoms with Crippen LogP contribution in [-0.4, -0.2) is 30.7 Å². The monoisotopic (exact) mass is 421 g/mol. The molecular weight excluding hydrogens is 393 g/mol. The van der Waals surface area contributed by atoms with Gasteiger partial charge in [-0.3, -0.25) is 0 Å². The normalized spacial score (nSPS) is 17.6. The summed E-state index contributed by atoms with van der Waals surface area (Å²) in [5.41, 5.74) is -0.217. The molecule has 2 rings (SSSR count). The van der Waals surface area contributed by atoms with Crippen molar-refractivity contribution in [2.24, 2.45) is 10.9 Å². The van der Waals surface area contributed by atoms with Gasteiger partial charge in [-0.05, 0) is 52.5 Å². The molecule has 0 bridgehead atoms. The molecule has 0 aromatic carbocycles. The second-order valence-electron chi connectivity index (χ2n) is 6.12. The van der Waals surface area contributed by atoms with Gasteiger partial charge in [-0.1, -0.05) is 0 Å². The summed E-state index contributed by atoms with van der Waals surface area (Å²) in [6.07, 6.45) is 2.61.